The van der Waals surface area contributed by atoms with Gasteiger partial charge in [-0.1, -0.05) is 11.6 Å². The van der Waals surface area contributed by atoms with E-state index in [9.17, 15) is 40.3 Å². The number of hydrogen-bond donors (Lipinski definition) is 3. The number of nitrogens with one attached hydrogen (secondary N) is 2. The number of aromatic nitrogens is 2. The summed E-state index contributed by atoms with van der Waals surface area (Å²) in [6.45, 7) is 0.0888. The highest BCUT2D eigenvalue weighted by Crippen LogP contribution is 2.54. The van der Waals surface area contributed by atoms with Gasteiger partial charge in [-0.15, -0.1) is 0 Å². The van der Waals surface area contributed by atoms with E-state index in [1.165, 1.54) is 30.1 Å². The van der Waals surface area contributed by atoms with Crippen molar-refractivity contribution in [3.8, 4) is 16.9 Å². The summed E-state index contributed by atoms with van der Waals surface area (Å²) in [4.78, 5) is 27.2. The molecule has 2 amide bonds. The molecule has 1 aromatic heterocycles. The molecule has 0 saturated heterocycles. The van der Waals surface area contributed by atoms with Crippen molar-refractivity contribution in [1.82, 2.24) is 15.1 Å². The molecule has 15 heteroatoms. The molecule has 2 saturated carbocycles. The predicted molar refractivity (Wildman–Crippen MR) is 146 cm³/mol. The number of hydrogen-bond acceptors (Lipinski definition) is 5. The fraction of sp³-hybridized carbons (Fsp3) is 0.367. The molecule has 2 bridgehead atoms. The van der Waals surface area contributed by atoms with Crippen LogP contribution in [0.1, 0.15) is 28.8 Å². The number of amides is 2. The normalized spacial score (nSPS) is 22.1. The van der Waals surface area contributed by atoms with E-state index < -0.39 is 65.0 Å². The molecule has 1 heterocycles. The fourth-order valence-electron chi connectivity index (χ4n) is 6.26. The molecular weight excluding hydrogens is 613 g/mol. The molecule has 2 fully saturated rings. The zero-order valence-electron chi connectivity index (χ0n) is 23.5. The van der Waals surface area contributed by atoms with Crippen molar-refractivity contribution in [2.24, 2.45) is 17.8 Å². The smallest absolute Gasteiger partial charge is 0.419 e. The van der Waals surface area contributed by atoms with Crippen molar-refractivity contribution in [1.29, 1.82) is 0 Å². The van der Waals surface area contributed by atoms with Crippen LogP contribution in [0.25, 0.3) is 11.1 Å². The third kappa shape index (κ3) is 6.67. The highest BCUT2D eigenvalue weighted by atomic mass is 19.4. The minimum Gasteiger partial charge on any atom is -0.496 e. The number of carbonyl (C=O) groups excluding carboxylic acids is 2. The van der Waals surface area contributed by atoms with Gasteiger partial charge in [0.1, 0.15) is 11.6 Å². The molecule has 2 aliphatic rings. The van der Waals surface area contributed by atoms with Crippen molar-refractivity contribution in [2.45, 2.75) is 37.8 Å². The number of methoxy groups -OCH3 is 1. The predicted octanol–water partition coefficient (Wildman–Crippen LogP) is 5.59. The third-order valence-electron chi connectivity index (χ3n) is 8.11. The highest BCUT2D eigenvalue weighted by Gasteiger charge is 2.55. The molecule has 0 radical (unpaired) electrons. The van der Waals surface area contributed by atoms with Crippen LogP contribution in [0, 0.1) is 23.6 Å². The number of benzene rings is 2. The molecule has 3 N–H and O–H groups in total. The third-order valence-corrected chi connectivity index (χ3v) is 8.11. The van der Waals surface area contributed by atoms with Crippen LogP contribution in [0.15, 0.2) is 60.4 Å². The van der Waals surface area contributed by atoms with Gasteiger partial charge in [0, 0.05) is 35.5 Å². The molecule has 4 atom stereocenters. The fourth-order valence-corrected chi connectivity index (χ4v) is 6.26. The number of anilines is 1. The first kappa shape index (κ1) is 32.0. The summed E-state index contributed by atoms with van der Waals surface area (Å²) in [5, 5.41) is 18.3. The van der Waals surface area contributed by atoms with Crippen LogP contribution in [0.3, 0.4) is 0 Å². The Labute approximate surface area is 251 Å². The van der Waals surface area contributed by atoms with E-state index in [1.54, 1.807) is 12.3 Å². The van der Waals surface area contributed by atoms with E-state index in [4.69, 9.17) is 9.84 Å². The summed E-state index contributed by atoms with van der Waals surface area (Å²) in [7, 11) is 1.32. The summed E-state index contributed by atoms with van der Waals surface area (Å²) in [6.07, 6.45) is -6.07. The summed E-state index contributed by atoms with van der Waals surface area (Å²) in [5.41, 5.74) is -0.947. The number of rotatable bonds is 8. The Morgan fingerprint density at radius 3 is 2.47 bits per heavy atom. The second-order valence-electron chi connectivity index (χ2n) is 10.8. The van der Waals surface area contributed by atoms with Crippen LogP contribution < -0.4 is 15.4 Å². The molecular formula is C30H27F7N4O4. The summed E-state index contributed by atoms with van der Waals surface area (Å²) >= 11 is 0. The first-order valence-electron chi connectivity index (χ1n) is 13.8. The number of allylic oxidation sites excluding steroid dienone is 1. The van der Waals surface area contributed by atoms with Gasteiger partial charge in [-0.3, -0.25) is 14.3 Å². The number of fused-ring (bicyclic) bond motifs is 2. The van der Waals surface area contributed by atoms with Crippen LogP contribution in [0.5, 0.6) is 5.75 Å². The van der Waals surface area contributed by atoms with E-state index in [1.807, 2.05) is 0 Å². The summed E-state index contributed by atoms with van der Waals surface area (Å²) in [6, 6.07) is 5.36. The maximum atomic E-state index is 13.8. The van der Waals surface area contributed by atoms with E-state index >= 15 is 0 Å². The number of alkyl halides is 6. The molecule has 2 aromatic carbocycles. The van der Waals surface area contributed by atoms with Crippen molar-refractivity contribution >= 4 is 17.5 Å². The van der Waals surface area contributed by atoms with E-state index in [-0.39, 0.29) is 49.0 Å². The van der Waals surface area contributed by atoms with E-state index in [2.05, 4.69) is 15.7 Å². The van der Waals surface area contributed by atoms with Crippen LogP contribution in [0.2, 0.25) is 0 Å². The van der Waals surface area contributed by atoms with Crippen LogP contribution >= 0.6 is 0 Å². The molecule has 8 nitrogen and oxygen atoms in total. The standard InChI is InChI=1S/C30H27F7N4O4/c1-45-24-7-2-15(16-13-38-41(14-16)8-9-42)10-20(24)27(43)40-26-19-5-4-18(21(19)12-29(32,33)34)25(26)28(44)39-17-3-6-23(31)22(11-17)30(35,36)37/h2-3,6-7,10-14,18-19,25-26,42H,4-5,8-9H2,1H3,(H,39,44)(H,40,43)/b21-12-/t18?,19?,25-,26+/m0/s1. The quantitative estimate of drug-likeness (QED) is 0.220. The summed E-state index contributed by atoms with van der Waals surface area (Å²) < 4.78 is 101. The highest BCUT2D eigenvalue weighted by molar-refractivity contribution is 6.00. The molecule has 240 valence electrons. The zero-order chi connectivity index (χ0) is 32.7. The van der Waals surface area contributed by atoms with Crippen molar-refractivity contribution in [3.63, 3.8) is 0 Å². The van der Waals surface area contributed by atoms with Gasteiger partial charge in [0.15, 0.2) is 0 Å². The Bertz CT molecular complexity index is 1630. The Kier molecular flexibility index (Phi) is 8.66. The van der Waals surface area contributed by atoms with Crippen molar-refractivity contribution < 1.29 is 50.2 Å². The average molecular weight is 641 g/mol. The number of carbonyl (C=O) groups is 2. The largest absolute Gasteiger partial charge is 0.496 e. The molecule has 0 spiro atoms. The van der Waals surface area contributed by atoms with Gasteiger partial charge in [0.05, 0.1) is 43.5 Å². The minimum absolute atomic E-state index is 0.0153. The lowest BCUT2D eigenvalue weighted by Crippen LogP contribution is -2.48. The Morgan fingerprint density at radius 1 is 1.07 bits per heavy atom. The number of aliphatic hydroxyl groups is 1. The molecule has 2 unspecified atom stereocenters. The SMILES string of the molecule is COc1ccc(-c2cnn(CCO)c2)cc1C(=O)N[C@@H]1C2CCC(/C2=C/C(F)(F)F)[C@@H]1C(=O)Nc1ccc(F)c(C(F)(F)F)c1. The molecule has 0 aliphatic heterocycles. The Balaban J connectivity index is 1.47. The number of halogens is 7. The van der Waals surface area contributed by atoms with Gasteiger partial charge in [-0.05, 0) is 54.7 Å². The maximum Gasteiger partial charge on any atom is 0.419 e. The van der Waals surface area contributed by atoms with Gasteiger partial charge in [-0.2, -0.15) is 31.4 Å². The first-order valence-corrected chi connectivity index (χ1v) is 13.8. The van der Waals surface area contributed by atoms with Gasteiger partial charge in [0.2, 0.25) is 5.91 Å². The Morgan fingerprint density at radius 2 is 1.80 bits per heavy atom. The van der Waals surface area contributed by atoms with Crippen molar-refractivity contribution in [3.05, 3.63) is 77.4 Å². The molecule has 2 aliphatic carbocycles. The second kappa shape index (κ2) is 12.2. The molecule has 5 rings (SSSR count). The maximum absolute atomic E-state index is 13.8. The van der Waals surface area contributed by atoms with Gasteiger partial charge >= 0.3 is 12.4 Å². The number of ether oxygens (including phenoxy) is 1. The van der Waals surface area contributed by atoms with E-state index in [0.29, 0.717) is 23.3 Å². The second-order valence-corrected chi connectivity index (χ2v) is 10.8. The number of aliphatic hydroxyl groups excluding tert-OH is 1. The van der Waals surface area contributed by atoms with Crippen molar-refractivity contribution in [2.75, 3.05) is 19.0 Å². The van der Waals surface area contributed by atoms with Crippen LogP contribution in [-0.2, 0) is 17.5 Å². The zero-order valence-corrected chi connectivity index (χ0v) is 23.5. The van der Waals surface area contributed by atoms with Crippen LogP contribution in [-0.4, -0.2) is 52.6 Å². The molecule has 3 aromatic rings. The topological polar surface area (TPSA) is 105 Å². The Hall–Kier alpha value is -4.40. The van der Waals surface area contributed by atoms with Gasteiger partial charge in [-0.25, -0.2) is 4.39 Å². The lowest BCUT2D eigenvalue weighted by molar-refractivity contribution is -0.140. The molecule has 45 heavy (non-hydrogen) atoms. The van der Waals surface area contributed by atoms with Gasteiger partial charge < -0.3 is 20.5 Å². The summed E-state index contributed by atoms with van der Waals surface area (Å²) in [5.74, 6) is -6.18. The number of nitrogens with zero attached hydrogens (tertiary/aromatic N) is 2. The van der Waals surface area contributed by atoms with Gasteiger partial charge in [0.25, 0.3) is 5.91 Å². The van der Waals surface area contributed by atoms with Crippen LogP contribution in [0.4, 0.5) is 36.4 Å². The lowest BCUT2D eigenvalue weighted by Gasteiger charge is -2.30. The van der Waals surface area contributed by atoms with E-state index in [0.717, 1.165) is 6.07 Å². The monoisotopic (exact) mass is 640 g/mol. The minimum atomic E-state index is -5.05. The average Bonchev–Trinajstić information content (AvgIpc) is 3.66. The lowest BCUT2D eigenvalue weighted by atomic mass is 9.83. The first-order chi connectivity index (χ1) is 21.2.